The molecule has 0 unspecified atom stereocenters. The van der Waals surface area contributed by atoms with Gasteiger partial charge < -0.3 is 9.72 Å². The lowest BCUT2D eigenvalue weighted by atomic mass is 10.0. The van der Waals surface area contributed by atoms with Crippen molar-refractivity contribution < 1.29 is 23.9 Å². The summed E-state index contributed by atoms with van der Waals surface area (Å²) in [6, 6.07) is 14.1. The molecule has 7 heteroatoms. The molecule has 1 aliphatic rings. The topological polar surface area (TPSA) is 96.5 Å². The maximum Gasteiger partial charge on any atom is 0.306 e. The van der Waals surface area contributed by atoms with Gasteiger partial charge >= 0.3 is 5.97 Å². The standard InChI is InChI=1S/C24H22N2O5/c1-14-21(18-10-5-6-11-19(18)25-14)22(28)15(2)31-20(27)12-7-13-26-23(29)16-8-3-4-9-17(16)24(26)30/h3-6,8-11,15,25H,7,12-13H2,1-2H3/t15-/m1/s1. The van der Waals surface area contributed by atoms with Gasteiger partial charge in [0.1, 0.15) is 0 Å². The van der Waals surface area contributed by atoms with Gasteiger partial charge in [-0.15, -0.1) is 0 Å². The zero-order valence-corrected chi connectivity index (χ0v) is 17.3. The Balaban J connectivity index is 1.33. The molecule has 158 valence electrons. The second-order valence-electron chi connectivity index (χ2n) is 7.58. The monoisotopic (exact) mass is 418 g/mol. The van der Waals surface area contributed by atoms with Crippen molar-refractivity contribution >= 4 is 34.5 Å². The number of rotatable bonds is 7. The number of esters is 1. The number of benzene rings is 2. The maximum atomic E-state index is 12.9. The van der Waals surface area contributed by atoms with E-state index in [9.17, 15) is 19.2 Å². The van der Waals surface area contributed by atoms with Crippen LogP contribution in [-0.4, -0.2) is 46.1 Å². The number of imide groups is 1. The highest BCUT2D eigenvalue weighted by molar-refractivity contribution is 6.21. The molecular formula is C24H22N2O5. The van der Waals surface area contributed by atoms with Crippen LogP contribution in [-0.2, 0) is 9.53 Å². The van der Waals surface area contributed by atoms with Crippen molar-refractivity contribution in [1.29, 1.82) is 0 Å². The SMILES string of the molecule is Cc1[nH]c2ccccc2c1C(=O)[C@@H](C)OC(=O)CCCN1C(=O)c2ccccc2C1=O. The minimum Gasteiger partial charge on any atom is -0.454 e. The van der Waals surface area contributed by atoms with E-state index in [4.69, 9.17) is 4.74 Å². The maximum absolute atomic E-state index is 12.9. The average molecular weight is 418 g/mol. The fraction of sp³-hybridized carbons (Fsp3) is 0.250. The van der Waals surface area contributed by atoms with E-state index in [1.165, 1.54) is 0 Å². The van der Waals surface area contributed by atoms with Crippen molar-refractivity contribution in [2.75, 3.05) is 6.54 Å². The van der Waals surface area contributed by atoms with Gasteiger partial charge in [-0.3, -0.25) is 24.1 Å². The molecule has 1 N–H and O–H groups in total. The predicted octanol–water partition coefficient (Wildman–Crippen LogP) is 3.67. The van der Waals surface area contributed by atoms with Crippen LogP contribution in [0.15, 0.2) is 48.5 Å². The van der Waals surface area contributed by atoms with Gasteiger partial charge in [0.2, 0.25) is 5.78 Å². The molecule has 2 amide bonds. The van der Waals surface area contributed by atoms with E-state index in [2.05, 4.69) is 4.98 Å². The van der Waals surface area contributed by atoms with Crippen molar-refractivity contribution in [3.63, 3.8) is 0 Å². The highest BCUT2D eigenvalue weighted by Gasteiger charge is 2.34. The van der Waals surface area contributed by atoms with Crippen LogP contribution in [0.4, 0.5) is 0 Å². The fourth-order valence-electron chi connectivity index (χ4n) is 3.93. The molecule has 0 spiro atoms. The summed E-state index contributed by atoms with van der Waals surface area (Å²) in [4.78, 5) is 54.2. The number of para-hydroxylation sites is 1. The van der Waals surface area contributed by atoms with Gasteiger partial charge in [0.05, 0.1) is 11.1 Å². The van der Waals surface area contributed by atoms with E-state index in [1.807, 2.05) is 31.2 Å². The number of Topliss-reactive ketones (excluding diaryl/α,β-unsaturated/α-hetero) is 1. The number of aromatic nitrogens is 1. The quantitative estimate of drug-likeness (QED) is 0.359. The molecular weight excluding hydrogens is 396 g/mol. The third kappa shape index (κ3) is 3.74. The Morgan fingerprint density at radius 2 is 1.61 bits per heavy atom. The molecule has 3 aromatic rings. The second kappa shape index (κ2) is 8.18. The normalized spacial score (nSPS) is 14.1. The molecule has 31 heavy (non-hydrogen) atoms. The van der Waals surface area contributed by atoms with Gasteiger partial charge in [-0.1, -0.05) is 30.3 Å². The van der Waals surface area contributed by atoms with Crippen LogP contribution in [0.5, 0.6) is 0 Å². The van der Waals surface area contributed by atoms with Crippen LogP contribution in [0.25, 0.3) is 10.9 Å². The molecule has 4 rings (SSSR count). The average Bonchev–Trinajstić information content (AvgIpc) is 3.22. The number of carbonyl (C=O) groups is 4. The number of ketones is 1. The third-order valence-corrected chi connectivity index (χ3v) is 5.46. The van der Waals surface area contributed by atoms with Crippen LogP contribution in [0, 0.1) is 6.92 Å². The van der Waals surface area contributed by atoms with Crippen molar-refractivity contribution in [2.24, 2.45) is 0 Å². The number of aryl methyl sites for hydroxylation is 1. The largest absolute Gasteiger partial charge is 0.454 e. The fourth-order valence-corrected chi connectivity index (χ4v) is 3.93. The van der Waals surface area contributed by atoms with E-state index in [0.717, 1.165) is 21.5 Å². The Labute approximate surface area is 179 Å². The lowest BCUT2D eigenvalue weighted by Gasteiger charge is -2.15. The van der Waals surface area contributed by atoms with Gasteiger partial charge in [-0.2, -0.15) is 0 Å². The summed E-state index contributed by atoms with van der Waals surface area (Å²) in [7, 11) is 0. The highest BCUT2D eigenvalue weighted by Crippen LogP contribution is 2.25. The molecule has 1 atom stereocenters. The van der Waals surface area contributed by atoms with Crippen molar-refractivity contribution in [3.8, 4) is 0 Å². The minimum absolute atomic E-state index is 0.00209. The Bertz CT molecular complexity index is 1170. The Kier molecular flexibility index (Phi) is 5.42. The van der Waals surface area contributed by atoms with Gasteiger partial charge in [-0.05, 0) is 38.5 Å². The number of hydrogen-bond donors (Lipinski definition) is 1. The summed E-state index contributed by atoms with van der Waals surface area (Å²) in [6.07, 6.45) is -0.681. The molecule has 0 aliphatic carbocycles. The number of hydrogen-bond acceptors (Lipinski definition) is 5. The summed E-state index contributed by atoms with van der Waals surface area (Å²) in [5.41, 5.74) is 2.84. The lowest BCUT2D eigenvalue weighted by Crippen LogP contribution is -2.31. The smallest absolute Gasteiger partial charge is 0.306 e. The molecule has 2 heterocycles. The second-order valence-corrected chi connectivity index (χ2v) is 7.58. The Morgan fingerprint density at radius 1 is 1.00 bits per heavy atom. The number of aromatic amines is 1. The number of ether oxygens (including phenoxy) is 1. The zero-order chi connectivity index (χ0) is 22.1. The molecule has 1 aromatic heterocycles. The van der Waals surface area contributed by atoms with Crippen LogP contribution in [0.1, 0.15) is 56.5 Å². The van der Waals surface area contributed by atoms with E-state index >= 15 is 0 Å². The lowest BCUT2D eigenvalue weighted by molar-refractivity contribution is -0.146. The molecule has 0 bridgehead atoms. The first-order valence-corrected chi connectivity index (χ1v) is 10.1. The van der Waals surface area contributed by atoms with Crippen molar-refractivity contribution in [3.05, 3.63) is 70.9 Å². The summed E-state index contributed by atoms with van der Waals surface area (Å²) >= 11 is 0. The molecule has 1 aliphatic heterocycles. The highest BCUT2D eigenvalue weighted by atomic mass is 16.5. The van der Waals surface area contributed by atoms with Crippen LogP contribution >= 0.6 is 0 Å². The van der Waals surface area contributed by atoms with Crippen molar-refractivity contribution in [2.45, 2.75) is 32.8 Å². The van der Waals surface area contributed by atoms with Gasteiger partial charge in [0.25, 0.3) is 11.8 Å². The number of H-pyrrole nitrogens is 1. The predicted molar refractivity (Wildman–Crippen MR) is 114 cm³/mol. The first-order valence-electron chi connectivity index (χ1n) is 10.1. The Hall–Kier alpha value is -3.74. The number of nitrogens with zero attached hydrogens (tertiary/aromatic N) is 1. The van der Waals surface area contributed by atoms with Crippen LogP contribution in [0.2, 0.25) is 0 Å². The Morgan fingerprint density at radius 3 is 2.29 bits per heavy atom. The number of amides is 2. The summed E-state index contributed by atoms with van der Waals surface area (Å²) in [6.45, 7) is 3.47. The summed E-state index contributed by atoms with van der Waals surface area (Å²) in [5.74, 6) is -1.53. The first kappa shape index (κ1) is 20.5. The zero-order valence-electron chi connectivity index (χ0n) is 17.3. The molecule has 0 saturated carbocycles. The van der Waals surface area contributed by atoms with E-state index in [-0.39, 0.29) is 37.0 Å². The number of nitrogens with one attached hydrogen (secondary N) is 1. The molecule has 0 saturated heterocycles. The molecule has 0 radical (unpaired) electrons. The van der Waals surface area contributed by atoms with E-state index in [0.29, 0.717) is 16.7 Å². The minimum atomic E-state index is -0.940. The van der Waals surface area contributed by atoms with Gasteiger partial charge in [-0.25, -0.2) is 0 Å². The van der Waals surface area contributed by atoms with E-state index in [1.54, 1.807) is 31.2 Å². The number of fused-ring (bicyclic) bond motifs is 2. The summed E-state index contributed by atoms with van der Waals surface area (Å²) < 4.78 is 5.33. The molecule has 7 nitrogen and oxygen atoms in total. The number of carbonyl (C=O) groups excluding carboxylic acids is 4. The van der Waals surface area contributed by atoms with Gasteiger partial charge in [0.15, 0.2) is 6.10 Å². The molecule has 0 fully saturated rings. The van der Waals surface area contributed by atoms with Crippen molar-refractivity contribution in [1.82, 2.24) is 9.88 Å². The third-order valence-electron chi connectivity index (χ3n) is 5.46. The van der Waals surface area contributed by atoms with Crippen LogP contribution in [0.3, 0.4) is 0 Å². The van der Waals surface area contributed by atoms with Crippen LogP contribution < -0.4 is 0 Å². The van der Waals surface area contributed by atoms with Gasteiger partial charge in [0, 0.05) is 35.1 Å². The van der Waals surface area contributed by atoms with E-state index < -0.39 is 12.1 Å². The first-order chi connectivity index (χ1) is 14.9. The molecule has 2 aromatic carbocycles. The summed E-state index contributed by atoms with van der Waals surface area (Å²) in [5, 5.41) is 0.790.